The molecule has 6 heteroatoms. The summed E-state index contributed by atoms with van der Waals surface area (Å²) >= 11 is 0. The van der Waals surface area contributed by atoms with Gasteiger partial charge in [0.05, 0.1) is 5.69 Å². The SMILES string of the molecule is NS(=O)(=O)c1ccccc1N(CC1CCNCC1)C1CC1. The zero-order valence-electron chi connectivity index (χ0n) is 12.2. The van der Waals surface area contributed by atoms with Crippen LogP contribution in [0.4, 0.5) is 5.69 Å². The molecule has 1 aromatic rings. The number of anilines is 1. The van der Waals surface area contributed by atoms with Gasteiger partial charge in [-0.2, -0.15) is 0 Å². The maximum Gasteiger partial charge on any atom is 0.240 e. The molecule has 0 amide bonds. The number of hydrogen-bond acceptors (Lipinski definition) is 4. The average Bonchev–Trinajstić information content (AvgIpc) is 3.30. The zero-order chi connectivity index (χ0) is 14.9. The maximum absolute atomic E-state index is 11.8. The number of nitrogens with two attached hydrogens (primary N) is 1. The number of rotatable bonds is 5. The van der Waals surface area contributed by atoms with Crippen molar-refractivity contribution in [3.63, 3.8) is 0 Å². The van der Waals surface area contributed by atoms with Gasteiger partial charge in [-0.15, -0.1) is 0 Å². The lowest BCUT2D eigenvalue weighted by molar-refractivity contribution is 0.372. The maximum atomic E-state index is 11.8. The van der Waals surface area contributed by atoms with Crippen LogP contribution >= 0.6 is 0 Å². The van der Waals surface area contributed by atoms with Crippen LogP contribution < -0.4 is 15.4 Å². The second kappa shape index (κ2) is 5.94. The topological polar surface area (TPSA) is 75.4 Å². The van der Waals surface area contributed by atoms with Crippen molar-refractivity contribution in [2.24, 2.45) is 11.1 Å². The van der Waals surface area contributed by atoms with Crippen molar-refractivity contribution in [1.82, 2.24) is 5.32 Å². The molecule has 21 heavy (non-hydrogen) atoms. The van der Waals surface area contributed by atoms with Gasteiger partial charge < -0.3 is 10.2 Å². The summed E-state index contributed by atoms with van der Waals surface area (Å²) in [7, 11) is -3.68. The van der Waals surface area contributed by atoms with Gasteiger partial charge in [-0.1, -0.05) is 12.1 Å². The first kappa shape index (κ1) is 14.8. The van der Waals surface area contributed by atoms with Crippen molar-refractivity contribution in [1.29, 1.82) is 0 Å². The predicted octanol–water partition coefficient (Wildman–Crippen LogP) is 1.30. The summed E-state index contributed by atoms with van der Waals surface area (Å²) in [5.41, 5.74) is 0.779. The summed E-state index contributed by atoms with van der Waals surface area (Å²) in [6.07, 6.45) is 4.59. The van der Waals surface area contributed by atoms with Crippen LogP contribution in [0.5, 0.6) is 0 Å². The van der Waals surface area contributed by atoms with E-state index in [9.17, 15) is 8.42 Å². The zero-order valence-corrected chi connectivity index (χ0v) is 13.0. The average molecular weight is 309 g/mol. The van der Waals surface area contributed by atoms with Crippen molar-refractivity contribution in [3.05, 3.63) is 24.3 Å². The van der Waals surface area contributed by atoms with Crippen LogP contribution in [0, 0.1) is 5.92 Å². The summed E-state index contributed by atoms with van der Waals surface area (Å²) in [6, 6.07) is 7.60. The normalized spacial score (nSPS) is 20.4. The molecule has 5 nitrogen and oxygen atoms in total. The van der Waals surface area contributed by atoms with Crippen molar-refractivity contribution in [2.45, 2.75) is 36.6 Å². The van der Waals surface area contributed by atoms with Gasteiger partial charge in [0.25, 0.3) is 0 Å². The van der Waals surface area contributed by atoms with Gasteiger partial charge >= 0.3 is 0 Å². The quantitative estimate of drug-likeness (QED) is 0.860. The Kier molecular flexibility index (Phi) is 4.19. The fraction of sp³-hybridized carbons (Fsp3) is 0.600. The van der Waals surface area contributed by atoms with E-state index in [4.69, 9.17) is 5.14 Å². The number of nitrogens with one attached hydrogen (secondary N) is 1. The number of para-hydroxylation sites is 1. The Bertz CT molecular complexity index is 593. The molecule has 1 saturated heterocycles. The minimum Gasteiger partial charge on any atom is -0.367 e. The standard InChI is InChI=1S/C15H23N3O2S/c16-21(19,20)15-4-2-1-3-14(15)18(13-5-6-13)11-12-7-9-17-10-8-12/h1-4,12-13,17H,5-11H2,(H2,16,19,20). The highest BCUT2D eigenvalue weighted by atomic mass is 32.2. The molecule has 1 aliphatic carbocycles. The molecule has 0 aromatic heterocycles. The summed E-state index contributed by atoms with van der Waals surface area (Å²) in [6.45, 7) is 3.04. The molecule has 0 spiro atoms. The third-order valence-electron chi connectivity index (χ3n) is 4.38. The minimum atomic E-state index is -3.68. The van der Waals surface area contributed by atoms with Crippen LogP contribution in [0.1, 0.15) is 25.7 Å². The van der Waals surface area contributed by atoms with E-state index in [-0.39, 0.29) is 4.90 Å². The van der Waals surface area contributed by atoms with Gasteiger partial charge in [0, 0.05) is 12.6 Å². The van der Waals surface area contributed by atoms with Crippen LogP contribution in [-0.2, 0) is 10.0 Å². The predicted molar refractivity (Wildman–Crippen MR) is 83.8 cm³/mol. The molecular formula is C15H23N3O2S. The van der Waals surface area contributed by atoms with Gasteiger partial charge in [-0.25, -0.2) is 13.6 Å². The minimum absolute atomic E-state index is 0.255. The molecular weight excluding hydrogens is 286 g/mol. The Morgan fingerprint density at radius 2 is 1.81 bits per heavy atom. The molecule has 0 radical (unpaired) electrons. The van der Waals surface area contributed by atoms with Crippen molar-refractivity contribution in [2.75, 3.05) is 24.5 Å². The van der Waals surface area contributed by atoms with Crippen LogP contribution in [0.25, 0.3) is 0 Å². The third-order valence-corrected chi connectivity index (χ3v) is 5.34. The van der Waals surface area contributed by atoms with Gasteiger partial charge in [-0.05, 0) is 56.8 Å². The first-order valence-corrected chi connectivity index (χ1v) is 9.19. The number of piperidine rings is 1. The Hall–Kier alpha value is -1.11. The van der Waals surface area contributed by atoms with E-state index in [1.165, 1.54) is 0 Å². The van der Waals surface area contributed by atoms with Crippen molar-refractivity contribution < 1.29 is 8.42 Å². The molecule has 3 rings (SSSR count). The summed E-state index contributed by atoms with van der Waals surface area (Å²) < 4.78 is 23.7. The largest absolute Gasteiger partial charge is 0.367 e. The lowest BCUT2D eigenvalue weighted by atomic mass is 9.97. The van der Waals surface area contributed by atoms with E-state index in [0.717, 1.165) is 51.0 Å². The fourth-order valence-corrected chi connectivity index (χ4v) is 3.85. The number of primary sulfonamides is 1. The molecule has 1 aliphatic heterocycles. The lowest BCUT2D eigenvalue weighted by Crippen LogP contribution is -2.38. The molecule has 0 atom stereocenters. The van der Waals surface area contributed by atoms with Crippen LogP contribution in [-0.4, -0.2) is 34.1 Å². The molecule has 1 saturated carbocycles. The van der Waals surface area contributed by atoms with Gasteiger partial charge in [-0.3, -0.25) is 0 Å². The van der Waals surface area contributed by atoms with E-state index in [1.54, 1.807) is 12.1 Å². The molecule has 1 aromatic carbocycles. The van der Waals surface area contributed by atoms with E-state index in [0.29, 0.717) is 12.0 Å². The summed E-state index contributed by atoms with van der Waals surface area (Å²) in [4.78, 5) is 2.53. The Morgan fingerprint density at radius 3 is 2.43 bits per heavy atom. The Balaban J connectivity index is 1.87. The smallest absolute Gasteiger partial charge is 0.240 e. The summed E-state index contributed by atoms with van der Waals surface area (Å²) in [5, 5.41) is 8.76. The summed E-state index contributed by atoms with van der Waals surface area (Å²) in [5.74, 6) is 0.625. The molecule has 2 aliphatic rings. The van der Waals surface area contributed by atoms with Crippen LogP contribution in [0.3, 0.4) is 0 Å². The monoisotopic (exact) mass is 309 g/mol. The second-order valence-corrected chi connectivity index (χ2v) is 7.62. The van der Waals surface area contributed by atoms with E-state index in [2.05, 4.69) is 10.2 Å². The van der Waals surface area contributed by atoms with E-state index in [1.807, 2.05) is 12.1 Å². The van der Waals surface area contributed by atoms with Crippen LogP contribution in [0.15, 0.2) is 29.2 Å². The van der Waals surface area contributed by atoms with Gasteiger partial charge in [0.2, 0.25) is 10.0 Å². The third kappa shape index (κ3) is 3.56. The van der Waals surface area contributed by atoms with E-state index < -0.39 is 10.0 Å². The molecule has 0 unspecified atom stereocenters. The molecule has 3 N–H and O–H groups in total. The van der Waals surface area contributed by atoms with Crippen molar-refractivity contribution in [3.8, 4) is 0 Å². The van der Waals surface area contributed by atoms with Gasteiger partial charge in [0.15, 0.2) is 0 Å². The Morgan fingerprint density at radius 1 is 1.14 bits per heavy atom. The van der Waals surface area contributed by atoms with E-state index >= 15 is 0 Å². The molecule has 0 bridgehead atoms. The second-order valence-electron chi connectivity index (χ2n) is 6.09. The number of hydrogen-bond donors (Lipinski definition) is 2. The molecule has 116 valence electrons. The number of sulfonamides is 1. The molecule has 2 fully saturated rings. The first-order valence-electron chi connectivity index (χ1n) is 7.65. The first-order chi connectivity index (χ1) is 10.1. The highest BCUT2D eigenvalue weighted by molar-refractivity contribution is 7.89. The fourth-order valence-electron chi connectivity index (χ4n) is 3.11. The van der Waals surface area contributed by atoms with Crippen LogP contribution in [0.2, 0.25) is 0 Å². The highest BCUT2D eigenvalue weighted by Gasteiger charge is 2.33. The van der Waals surface area contributed by atoms with Gasteiger partial charge in [0.1, 0.15) is 4.90 Å². The Labute approximate surface area is 126 Å². The number of benzene rings is 1. The number of nitrogens with zero attached hydrogens (tertiary/aromatic N) is 1. The van der Waals surface area contributed by atoms with Crippen molar-refractivity contribution >= 4 is 15.7 Å². The molecule has 1 heterocycles. The highest BCUT2D eigenvalue weighted by Crippen LogP contribution is 2.36. The lowest BCUT2D eigenvalue weighted by Gasteiger charge is -2.32.